The fraction of sp³-hybridized carbons (Fsp3) is 0.400. The van der Waals surface area contributed by atoms with Crippen LogP contribution in [0.3, 0.4) is 0 Å². The summed E-state index contributed by atoms with van der Waals surface area (Å²) in [7, 11) is 1.38. The molecule has 1 aromatic rings. The molecule has 0 fully saturated rings. The number of para-hydroxylation sites is 1. The molecule has 0 radical (unpaired) electrons. The summed E-state index contributed by atoms with van der Waals surface area (Å²) in [5.41, 5.74) is 0. The second-order valence-corrected chi connectivity index (χ2v) is 4.47. The highest BCUT2D eigenvalue weighted by atomic mass is 16.5. The van der Waals surface area contributed by atoms with E-state index < -0.39 is 24.0 Å². The van der Waals surface area contributed by atoms with E-state index in [2.05, 4.69) is 5.32 Å². The highest BCUT2D eigenvalue weighted by Crippen LogP contribution is 2.09. The molecular formula is C15H20N2O5. The van der Waals surface area contributed by atoms with Crippen LogP contribution < -0.4 is 15.4 Å². The van der Waals surface area contributed by atoms with E-state index in [1.54, 1.807) is 0 Å². The Kier molecular flexibility index (Phi) is 7.45. The number of rotatable bonds is 7. The van der Waals surface area contributed by atoms with Crippen molar-refractivity contribution in [3.8, 4) is 5.75 Å². The van der Waals surface area contributed by atoms with Gasteiger partial charge >= 0.3 is 12.0 Å². The molecule has 3 amide bonds. The van der Waals surface area contributed by atoms with Crippen LogP contribution in [0.25, 0.3) is 0 Å². The van der Waals surface area contributed by atoms with Crippen molar-refractivity contribution in [2.45, 2.75) is 25.9 Å². The summed E-state index contributed by atoms with van der Waals surface area (Å²) in [5, 5.41) is 4.27. The zero-order valence-electron chi connectivity index (χ0n) is 12.6. The number of benzene rings is 1. The van der Waals surface area contributed by atoms with Crippen LogP contribution in [0, 0.1) is 0 Å². The molecule has 22 heavy (non-hydrogen) atoms. The Balaban J connectivity index is 2.20. The average Bonchev–Trinajstić information content (AvgIpc) is 2.52. The largest absolute Gasteiger partial charge is 0.494 e. The van der Waals surface area contributed by atoms with Gasteiger partial charge in [-0.2, -0.15) is 0 Å². The fourth-order valence-electron chi connectivity index (χ4n) is 1.51. The number of esters is 1. The first-order chi connectivity index (χ1) is 10.5. The lowest BCUT2D eigenvalue weighted by Gasteiger charge is -2.12. The SMILES string of the molecule is CNC(=O)NC(=O)[C@H](C)OC(=O)CCCOc1ccccc1. The number of urea groups is 1. The van der Waals surface area contributed by atoms with Crippen LogP contribution in [0.1, 0.15) is 19.8 Å². The molecular weight excluding hydrogens is 288 g/mol. The smallest absolute Gasteiger partial charge is 0.321 e. The van der Waals surface area contributed by atoms with Crippen LogP contribution in [0.15, 0.2) is 30.3 Å². The molecule has 7 nitrogen and oxygen atoms in total. The quantitative estimate of drug-likeness (QED) is 0.584. The van der Waals surface area contributed by atoms with Crippen molar-refractivity contribution < 1.29 is 23.9 Å². The Morgan fingerprint density at radius 2 is 1.86 bits per heavy atom. The predicted octanol–water partition coefficient (Wildman–Crippen LogP) is 1.23. The molecule has 0 bridgehead atoms. The predicted molar refractivity (Wildman–Crippen MR) is 79.3 cm³/mol. The van der Waals surface area contributed by atoms with E-state index in [9.17, 15) is 14.4 Å². The summed E-state index contributed by atoms with van der Waals surface area (Å²) >= 11 is 0. The molecule has 0 saturated carbocycles. The number of hydrogen-bond acceptors (Lipinski definition) is 5. The number of amides is 3. The summed E-state index contributed by atoms with van der Waals surface area (Å²) < 4.78 is 10.4. The van der Waals surface area contributed by atoms with Crippen LogP contribution in [0.2, 0.25) is 0 Å². The lowest BCUT2D eigenvalue weighted by atomic mass is 10.3. The maximum Gasteiger partial charge on any atom is 0.321 e. The molecule has 7 heteroatoms. The standard InChI is InChI=1S/C15H20N2O5/c1-11(14(19)17-15(20)16-2)22-13(18)9-6-10-21-12-7-4-3-5-8-12/h3-5,7-8,11H,6,9-10H2,1-2H3,(H2,16,17,19,20)/t11-/m0/s1. The minimum Gasteiger partial charge on any atom is -0.494 e. The van der Waals surface area contributed by atoms with Gasteiger partial charge in [0.2, 0.25) is 0 Å². The van der Waals surface area contributed by atoms with Crippen molar-refractivity contribution >= 4 is 17.9 Å². The first kappa shape index (κ1) is 17.5. The van der Waals surface area contributed by atoms with Gasteiger partial charge in [-0.3, -0.25) is 14.9 Å². The lowest BCUT2D eigenvalue weighted by Crippen LogP contribution is -2.43. The summed E-state index contributed by atoms with van der Waals surface area (Å²) in [6.45, 7) is 1.77. The Bertz CT molecular complexity index is 504. The molecule has 0 spiro atoms. The molecule has 0 aliphatic rings. The molecule has 0 aliphatic carbocycles. The highest BCUT2D eigenvalue weighted by Gasteiger charge is 2.19. The van der Waals surface area contributed by atoms with Gasteiger partial charge in [-0.15, -0.1) is 0 Å². The number of ether oxygens (including phenoxy) is 2. The van der Waals surface area contributed by atoms with Gasteiger partial charge in [-0.05, 0) is 25.5 Å². The maximum atomic E-state index is 11.6. The van der Waals surface area contributed by atoms with Gasteiger partial charge in [0.1, 0.15) is 5.75 Å². The molecule has 1 atom stereocenters. The number of nitrogens with one attached hydrogen (secondary N) is 2. The normalized spacial score (nSPS) is 11.2. The van der Waals surface area contributed by atoms with Crippen LogP contribution in [-0.4, -0.2) is 37.7 Å². The van der Waals surface area contributed by atoms with Gasteiger partial charge in [0.25, 0.3) is 5.91 Å². The van der Waals surface area contributed by atoms with Crippen molar-refractivity contribution in [3.05, 3.63) is 30.3 Å². The Morgan fingerprint density at radius 1 is 1.18 bits per heavy atom. The molecule has 0 saturated heterocycles. The average molecular weight is 308 g/mol. The van der Waals surface area contributed by atoms with Crippen molar-refractivity contribution in [1.82, 2.24) is 10.6 Å². The topological polar surface area (TPSA) is 93.7 Å². The number of carbonyl (C=O) groups is 3. The molecule has 1 rings (SSSR count). The fourth-order valence-corrected chi connectivity index (χ4v) is 1.51. The van der Waals surface area contributed by atoms with E-state index in [0.717, 1.165) is 5.75 Å². The number of carbonyl (C=O) groups excluding carboxylic acids is 3. The van der Waals surface area contributed by atoms with E-state index in [0.29, 0.717) is 13.0 Å². The molecule has 0 unspecified atom stereocenters. The first-order valence-corrected chi connectivity index (χ1v) is 6.93. The van der Waals surface area contributed by atoms with Gasteiger partial charge in [0.05, 0.1) is 6.61 Å². The molecule has 2 N–H and O–H groups in total. The van der Waals surface area contributed by atoms with Crippen molar-refractivity contribution in [2.75, 3.05) is 13.7 Å². The lowest BCUT2D eigenvalue weighted by molar-refractivity contribution is -0.154. The van der Waals surface area contributed by atoms with E-state index >= 15 is 0 Å². The first-order valence-electron chi connectivity index (χ1n) is 6.93. The molecule has 0 aliphatic heterocycles. The number of hydrogen-bond donors (Lipinski definition) is 2. The maximum absolute atomic E-state index is 11.6. The Morgan fingerprint density at radius 3 is 2.50 bits per heavy atom. The number of imide groups is 1. The van der Waals surface area contributed by atoms with Crippen LogP contribution >= 0.6 is 0 Å². The third kappa shape index (κ3) is 6.74. The Labute approximate surface area is 129 Å². The minimum atomic E-state index is -1.03. The minimum absolute atomic E-state index is 0.129. The zero-order chi connectivity index (χ0) is 16.4. The molecule has 1 aromatic carbocycles. The van der Waals surface area contributed by atoms with E-state index in [4.69, 9.17) is 9.47 Å². The third-order valence-corrected chi connectivity index (χ3v) is 2.68. The summed E-state index contributed by atoms with van der Waals surface area (Å²) in [6, 6.07) is 8.60. The Hall–Kier alpha value is -2.57. The molecule has 0 heterocycles. The van der Waals surface area contributed by atoms with Crippen LogP contribution in [0.4, 0.5) is 4.79 Å². The highest BCUT2D eigenvalue weighted by molar-refractivity contribution is 5.96. The van der Waals surface area contributed by atoms with Gasteiger partial charge in [0, 0.05) is 13.5 Å². The molecule has 120 valence electrons. The van der Waals surface area contributed by atoms with Crippen LogP contribution in [-0.2, 0) is 14.3 Å². The second-order valence-electron chi connectivity index (χ2n) is 4.47. The van der Waals surface area contributed by atoms with Crippen LogP contribution in [0.5, 0.6) is 5.75 Å². The van der Waals surface area contributed by atoms with Gasteiger partial charge in [-0.25, -0.2) is 4.79 Å². The van der Waals surface area contributed by atoms with Gasteiger partial charge < -0.3 is 14.8 Å². The van der Waals surface area contributed by atoms with Gasteiger partial charge in [0.15, 0.2) is 6.10 Å². The van der Waals surface area contributed by atoms with E-state index in [1.807, 2.05) is 35.6 Å². The summed E-state index contributed by atoms with van der Waals surface area (Å²) in [6.07, 6.45) is -0.429. The monoisotopic (exact) mass is 308 g/mol. The van der Waals surface area contributed by atoms with E-state index in [-0.39, 0.29) is 6.42 Å². The third-order valence-electron chi connectivity index (χ3n) is 2.68. The van der Waals surface area contributed by atoms with Crippen molar-refractivity contribution in [3.63, 3.8) is 0 Å². The molecule has 0 aromatic heterocycles. The van der Waals surface area contributed by atoms with E-state index in [1.165, 1.54) is 14.0 Å². The van der Waals surface area contributed by atoms with Crippen molar-refractivity contribution in [2.24, 2.45) is 0 Å². The second kappa shape index (κ2) is 9.38. The summed E-state index contributed by atoms with van der Waals surface area (Å²) in [5.74, 6) is -0.460. The zero-order valence-corrected chi connectivity index (χ0v) is 12.6. The van der Waals surface area contributed by atoms with Gasteiger partial charge in [-0.1, -0.05) is 18.2 Å². The van der Waals surface area contributed by atoms with Crippen molar-refractivity contribution in [1.29, 1.82) is 0 Å². The summed E-state index contributed by atoms with van der Waals surface area (Å²) in [4.78, 5) is 34.0.